The van der Waals surface area contributed by atoms with Crippen molar-refractivity contribution in [3.8, 4) is 0 Å². The van der Waals surface area contributed by atoms with Crippen LogP contribution in [0.3, 0.4) is 0 Å². The molecule has 6 nitrogen and oxygen atoms in total. The van der Waals surface area contributed by atoms with Crippen LogP contribution in [0.4, 0.5) is 5.69 Å². The lowest BCUT2D eigenvalue weighted by atomic mass is 10.1. The number of hydrazone groups is 1. The number of piperazine rings is 1. The summed E-state index contributed by atoms with van der Waals surface area (Å²) in [6.07, 6.45) is 1.57. The molecule has 25 heavy (non-hydrogen) atoms. The summed E-state index contributed by atoms with van der Waals surface area (Å²) in [4.78, 5) is 4.86. The van der Waals surface area contributed by atoms with Crippen LogP contribution < -0.4 is 16.1 Å². The van der Waals surface area contributed by atoms with Crippen molar-refractivity contribution in [2.75, 3.05) is 31.1 Å². The molecule has 0 unspecified atom stereocenters. The Morgan fingerprint density at radius 1 is 1.24 bits per heavy atom. The van der Waals surface area contributed by atoms with Crippen molar-refractivity contribution >= 4 is 29.2 Å². The molecule has 0 spiro atoms. The van der Waals surface area contributed by atoms with Crippen LogP contribution in [0.1, 0.15) is 17.1 Å². The maximum atomic E-state index is 5.77. The minimum Gasteiger partial charge on any atom is -0.459 e. The van der Waals surface area contributed by atoms with Crippen LogP contribution in [0.2, 0.25) is 0 Å². The fraction of sp³-hybridized carbons (Fsp3) is 0.333. The molecule has 1 saturated heterocycles. The minimum atomic E-state index is 0.134. The van der Waals surface area contributed by atoms with Crippen molar-refractivity contribution < 1.29 is 4.42 Å². The van der Waals surface area contributed by atoms with Crippen molar-refractivity contribution in [1.29, 1.82) is 0 Å². The lowest BCUT2D eigenvalue weighted by molar-refractivity contribution is 0.230. The molecule has 1 aliphatic rings. The van der Waals surface area contributed by atoms with Gasteiger partial charge >= 0.3 is 0 Å². The van der Waals surface area contributed by atoms with Crippen LogP contribution in [-0.2, 0) is 6.54 Å². The van der Waals surface area contributed by atoms with Gasteiger partial charge < -0.3 is 15.1 Å². The summed E-state index contributed by atoms with van der Waals surface area (Å²) in [6, 6.07) is 12.4. The first kappa shape index (κ1) is 17.4. The van der Waals surface area contributed by atoms with Gasteiger partial charge in [0.1, 0.15) is 11.5 Å². The summed E-state index contributed by atoms with van der Waals surface area (Å²) < 4.78 is 5.77. The number of thiocarbonyl (C=S) groups is 1. The standard InChI is InChI=1S/C18H23N5OS/c1-14-4-2-3-5-17(14)23-10-8-22(9-11-23)13-16-7-6-15(24-16)12-20-21-18(19)25/h2-7,12H,8-11,13H2,1H3,(H3,19,21,25). The second-order valence-electron chi connectivity index (χ2n) is 6.09. The molecule has 0 atom stereocenters. The number of anilines is 1. The summed E-state index contributed by atoms with van der Waals surface area (Å²) in [7, 11) is 0. The zero-order valence-corrected chi connectivity index (χ0v) is 15.1. The molecule has 0 bridgehead atoms. The highest BCUT2D eigenvalue weighted by molar-refractivity contribution is 7.80. The van der Waals surface area contributed by atoms with E-state index in [1.807, 2.05) is 12.1 Å². The summed E-state index contributed by atoms with van der Waals surface area (Å²) in [6.45, 7) is 7.05. The quantitative estimate of drug-likeness (QED) is 0.485. The molecule has 3 rings (SSSR count). The van der Waals surface area contributed by atoms with E-state index < -0.39 is 0 Å². The molecule has 2 heterocycles. The second kappa shape index (κ2) is 8.13. The fourth-order valence-corrected chi connectivity index (χ4v) is 3.05. The summed E-state index contributed by atoms with van der Waals surface area (Å²) in [5.41, 5.74) is 10.5. The van der Waals surface area contributed by atoms with Gasteiger partial charge in [0.2, 0.25) is 0 Å². The number of rotatable bonds is 5. The Balaban J connectivity index is 1.51. The topological polar surface area (TPSA) is 70.0 Å². The Kier molecular flexibility index (Phi) is 5.67. The number of furan rings is 1. The van der Waals surface area contributed by atoms with E-state index in [0.29, 0.717) is 5.76 Å². The summed E-state index contributed by atoms with van der Waals surface area (Å²) >= 11 is 4.69. The smallest absolute Gasteiger partial charge is 0.184 e. The van der Waals surface area contributed by atoms with Crippen LogP contribution in [-0.4, -0.2) is 42.4 Å². The van der Waals surface area contributed by atoms with Crippen LogP contribution in [0.25, 0.3) is 0 Å². The zero-order valence-electron chi connectivity index (χ0n) is 14.3. The number of nitrogens with zero attached hydrogens (tertiary/aromatic N) is 3. The molecule has 0 saturated carbocycles. The van der Waals surface area contributed by atoms with Crippen molar-refractivity contribution in [2.24, 2.45) is 10.8 Å². The molecular weight excluding hydrogens is 334 g/mol. The molecule has 2 aromatic rings. The van der Waals surface area contributed by atoms with Crippen LogP contribution in [0, 0.1) is 6.92 Å². The third-order valence-electron chi connectivity index (χ3n) is 4.26. The van der Waals surface area contributed by atoms with Gasteiger partial charge in [0.15, 0.2) is 5.11 Å². The maximum absolute atomic E-state index is 5.77. The fourth-order valence-electron chi connectivity index (χ4n) is 2.99. The van der Waals surface area contributed by atoms with Crippen LogP contribution in [0.15, 0.2) is 45.9 Å². The minimum absolute atomic E-state index is 0.134. The van der Waals surface area contributed by atoms with Crippen molar-refractivity contribution in [1.82, 2.24) is 10.3 Å². The normalized spacial score (nSPS) is 15.6. The van der Waals surface area contributed by atoms with Gasteiger partial charge in [0, 0.05) is 31.9 Å². The van der Waals surface area contributed by atoms with E-state index in [9.17, 15) is 0 Å². The number of benzene rings is 1. The van der Waals surface area contributed by atoms with Gasteiger partial charge in [-0.05, 0) is 42.9 Å². The van der Waals surface area contributed by atoms with Gasteiger partial charge in [-0.2, -0.15) is 5.10 Å². The largest absolute Gasteiger partial charge is 0.459 e. The highest BCUT2D eigenvalue weighted by Gasteiger charge is 2.19. The highest BCUT2D eigenvalue weighted by Crippen LogP contribution is 2.21. The Hall–Kier alpha value is -2.38. The van der Waals surface area contributed by atoms with Crippen molar-refractivity contribution in [2.45, 2.75) is 13.5 Å². The Labute approximate surface area is 153 Å². The van der Waals surface area contributed by atoms with Gasteiger partial charge in [-0.15, -0.1) is 0 Å². The van der Waals surface area contributed by atoms with Crippen molar-refractivity contribution in [3.63, 3.8) is 0 Å². The predicted octanol–water partition coefficient (Wildman–Crippen LogP) is 2.08. The Bertz CT molecular complexity index is 749. The van der Waals surface area contributed by atoms with E-state index in [1.165, 1.54) is 11.3 Å². The molecule has 1 aromatic carbocycles. The average Bonchev–Trinajstić information content (AvgIpc) is 3.03. The lowest BCUT2D eigenvalue weighted by Gasteiger charge is -2.36. The van der Waals surface area contributed by atoms with E-state index in [4.69, 9.17) is 10.2 Å². The summed E-state index contributed by atoms with van der Waals surface area (Å²) in [5.74, 6) is 1.61. The molecule has 3 N–H and O–H groups in total. The van der Waals surface area contributed by atoms with E-state index in [-0.39, 0.29) is 5.11 Å². The number of nitrogens with two attached hydrogens (primary N) is 1. The molecule has 1 fully saturated rings. The van der Waals surface area contributed by atoms with E-state index >= 15 is 0 Å². The van der Waals surface area contributed by atoms with Crippen LogP contribution >= 0.6 is 12.2 Å². The number of hydrogen-bond acceptors (Lipinski definition) is 5. The first-order valence-corrected chi connectivity index (χ1v) is 8.73. The monoisotopic (exact) mass is 357 g/mol. The molecule has 0 radical (unpaired) electrons. The predicted molar refractivity (Wildman–Crippen MR) is 105 cm³/mol. The Morgan fingerprint density at radius 3 is 2.72 bits per heavy atom. The van der Waals surface area contributed by atoms with E-state index in [1.54, 1.807) is 6.21 Å². The molecule has 1 aliphatic heterocycles. The first-order chi connectivity index (χ1) is 12.1. The summed E-state index contributed by atoms with van der Waals surface area (Å²) in [5, 5.41) is 4.03. The molecule has 0 amide bonds. The molecule has 7 heteroatoms. The first-order valence-electron chi connectivity index (χ1n) is 8.32. The van der Waals surface area contributed by atoms with E-state index in [0.717, 1.165) is 38.5 Å². The SMILES string of the molecule is Cc1ccccc1N1CCN(Cc2ccc(C=NNC(N)=S)o2)CC1. The van der Waals surface area contributed by atoms with Crippen LogP contribution in [0.5, 0.6) is 0 Å². The zero-order chi connectivity index (χ0) is 17.6. The third kappa shape index (κ3) is 4.80. The van der Waals surface area contributed by atoms with Gasteiger partial charge in [0.25, 0.3) is 0 Å². The second-order valence-corrected chi connectivity index (χ2v) is 6.53. The van der Waals surface area contributed by atoms with Crippen molar-refractivity contribution in [3.05, 3.63) is 53.5 Å². The molecular formula is C18H23N5OS. The maximum Gasteiger partial charge on any atom is 0.184 e. The number of aryl methyl sites for hydroxylation is 1. The number of para-hydroxylation sites is 1. The lowest BCUT2D eigenvalue weighted by Crippen LogP contribution is -2.46. The molecule has 132 valence electrons. The molecule has 1 aromatic heterocycles. The number of nitrogens with one attached hydrogen (secondary N) is 1. The van der Waals surface area contributed by atoms with Gasteiger partial charge in [0.05, 0.1) is 12.8 Å². The highest BCUT2D eigenvalue weighted by atomic mass is 32.1. The van der Waals surface area contributed by atoms with E-state index in [2.05, 4.69) is 63.7 Å². The van der Waals surface area contributed by atoms with Gasteiger partial charge in [-0.3, -0.25) is 10.3 Å². The van der Waals surface area contributed by atoms with Gasteiger partial charge in [-0.1, -0.05) is 18.2 Å². The Morgan fingerprint density at radius 2 is 2.00 bits per heavy atom. The molecule has 0 aliphatic carbocycles. The van der Waals surface area contributed by atoms with Gasteiger partial charge in [-0.25, -0.2) is 0 Å². The average molecular weight is 357 g/mol. The number of hydrogen-bond donors (Lipinski definition) is 2. The third-order valence-corrected chi connectivity index (χ3v) is 4.35.